The predicted octanol–water partition coefficient (Wildman–Crippen LogP) is 2.87. The molecule has 0 aliphatic carbocycles. The van der Waals surface area contributed by atoms with Gasteiger partial charge in [-0.2, -0.15) is 4.98 Å². The fraction of sp³-hybridized carbons (Fsp3) is 0.789. The minimum Gasteiger partial charge on any atom is -0.381 e. The van der Waals surface area contributed by atoms with Gasteiger partial charge in [-0.25, -0.2) is 0 Å². The third-order valence-corrected chi connectivity index (χ3v) is 5.31. The molecule has 1 N–H and O–H groups in total. The van der Waals surface area contributed by atoms with Gasteiger partial charge in [0.25, 0.3) is 0 Å². The number of nitrogens with zero attached hydrogens (tertiary/aromatic N) is 3. The van der Waals surface area contributed by atoms with E-state index in [-0.39, 0.29) is 6.04 Å². The smallest absolute Gasteiger partial charge is 0.244 e. The number of ether oxygens (including phenoxy) is 1. The molecule has 25 heavy (non-hydrogen) atoms. The van der Waals surface area contributed by atoms with Crippen LogP contribution in [0.4, 0.5) is 0 Å². The van der Waals surface area contributed by atoms with E-state index in [1.54, 1.807) is 0 Å². The molecule has 0 aromatic carbocycles. The van der Waals surface area contributed by atoms with Gasteiger partial charge in [0, 0.05) is 25.8 Å². The van der Waals surface area contributed by atoms with E-state index in [4.69, 9.17) is 9.26 Å². The van der Waals surface area contributed by atoms with Gasteiger partial charge >= 0.3 is 0 Å². The van der Waals surface area contributed by atoms with Crippen molar-refractivity contribution < 1.29 is 9.26 Å². The molecule has 0 spiro atoms. The molecular weight excluding hydrogens is 316 g/mol. The number of nitrogens with one attached hydrogen (secondary N) is 1. The number of hydrogen-bond acceptors (Lipinski definition) is 6. The highest BCUT2D eigenvalue weighted by Gasteiger charge is 2.32. The van der Waals surface area contributed by atoms with Gasteiger partial charge in [0.15, 0.2) is 5.82 Å². The van der Waals surface area contributed by atoms with Crippen LogP contribution in [0, 0.1) is 12.8 Å². The van der Waals surface area contributed by atoms with Gasteiger partial charge in [-0.1, -0.05) is 16.8 Å². The van der Waals surface area contributed by atoms with Crippen molar-refractivity contribution >= 4 is 0 Å². The molecule has 0 radical (unpaired) electrons. The van der Waals surface area contributed by atoms with E-state index >= 15 is 0 Å². The number of piperidine rings is 1. The minimum absolute atomic E-state index is 0.152. The van der Waals surface area contributed by atoms with Crippen LogP contribution in [0.15, 0.2) is 16.2 Å². The molecule has 2 saturated heterocycles. The number of likely N-dealkylation sites (tertiary alicyclic amines) is 1. The van der Waals surface area contributed by atoms with Crippen molar-refractivity contribution in [1.29, 1.82) is 0 Å². The zero-order valence-electron chi connectivity index (χ0n) is 15.8. The second kappa shape index (κ2) is 8.92. The van der Waals surface area contributed by atoms with Gasteiger partial charge < -0.3 is 14.6 Å². The highest BCUT2D eigenvalue weighted by atomic mass is 16.5. The molecule has 140 valence electrons. The number of aryl methyl sites for hydroxylation is 1. The quantitative estimate of drug-likeness (QED) is 0.798. The zero-order chi connectivity index (χ0) is 17.6. The van der Waals surface area contributed by atoms with Gasteiger partial charge in [-0.05, 0) is 65.5 Å². The Kier molecular flexibility index (Phi) is 6.62. The van der Waals surface area contributed by atoms with Gasteiger partial charge in [0.2, 0.25) is 5.89 Å². The largest absolute Gasteiger partial charge is 0.381 e. The maximum atomic E-state index is 5.53. The van der Waals surface area contributed by atoms with Gasteiger partial charge in [-0.15, -0.1) is 0 Å². The van der Waals surface area contributed by atoms with Crippen molar-refractivity contribution in [1.82, 2.24) is 20.4 Å². The monoisotopic (exact) mass is 348 g/mol. The number of allylic oxidation sites excluding steroid dienone is 1. The lowest BCUT2D eigenvalue weighted by Crippen LogP contribution is -2.45. The van der Waals surface area contributed by atoms with Crippen molar-refractivity contribution in [3.05, 3.63) is 23.4 Å². The second-order valence-electron chi connectivity index (χ2n) is 7.63. The molecule has 1 aromatic rings. The maximum Gasteiger partial charge on any atom is 0.244 e. The van der Waals surface area contributed by atoms with Crippen LogP contribution in [0.5, 0.6) is 0 Å². The Bertz CT molecular complexity index is 554. The normalized spacial score (nSPS) is 22.0. The van der Waals surface area contributed by atoms with Crippen molar-refractivity contribution in [2.24, 2.45) is 5.92 Å². The molecule has 0 saturated carbocycles. The summed E-state index contributed by atoms with van der Waals surface area (Å²) in [6.07, 6.45) is 6.77. The summed E-state index contributed by atoms with van der Waals surface area (Å²) in [6.45, 7) is 11.2. The van der Waals surface area contributed by atoms with Crippen LogP contribution in [0.1, 0.15) is 57.3 Å². The average Bonchev–Trinajstić information content (AvgIpc) is 3.05. The molecular formula is C19H32N4O2. The Labute approximate surface area is 151 Å². The Morgan fingerprint density at radius 3 is 2.56 bits per heavy atom. The number of hydrogen-bond donors (Lipinski definition) is 1. The first-order valence-electron chi connectivity index (χ1n) is 9.61. The first kappa shape index (κ1) is 18.5. The van der Waals surface area contributed by atoms with E-state index in [1.807, 2.05) is 6.92 Å². The highest BCUT2D eigenvalue weighted by Crippen LogP contribution is 2.30. The first-order valence-corrected chi connectivity index (χ1v) is 9.61. The summed E-state index contributed by atoms with van der Waals surface area (Å²) in [7, 11) is 0. The Morgan fingerprint density at radius 1 is 1.24 bits per heavy atom. The van der Waals surface area contributed by atoms with Crippen LogP contribution in [0.3, 0.4) is 0 Å². The molecule has 1 aromatic heterocycles. The third-order valence-electron chi connectivity index (χ3n) is 5.31. The Balaban J connectivity index is 1.58. The first-order chi connectivity index (χ1) is 12.1. The Morgan fingerprint density at radius 2 is 1.96 bits per heavy atom. The van der Waals surface area contributed by atoms with Crippen LogP contribution in [-0.2, 0) is 4.74 Å². The van der Waals surface area contributed by atoms with Crippen LogP contribution < -0.4 is 5.32 Å². The molecule has 2 aliphatic rings. The zero-order valence-corrected chi connectivity index (χ0v) is 15.8. The Hall–Kier alpha value is -1.24. The summed E-state index contributed by atoms with van der Waals surface area (Å²) >= 11 is 0. The lowest BCUT2D eigenvalue weighted by atomic mass is 9.90. The highest BCUT2D eigenvalue weighted by molar-refractivity contribution is 4.99. The third kappa shape index (κ3) is 5.36. The van der Waals surface area contributed by atoms with E-state index in [9.17, 15) is 0 Å². The average molecular weight is 348 g/mol. The molecule has 6 heteroatoms. The lowest BCUT2D eigenvalue weighted by Gasteiger charge is -2.36. The molecule has 2 fully saturated rings. The van der Waals surface area contributed by atoms with E-state index in [2.05, 4.69) is 40.3 Å². The molecule has 0 unspecified atom stereocenters. The molecule has 3 rings (SSSR count). The van der Waals surface area contributed by atoms with Crippen molar-refractivity contribution in [3.63, 3.8) is 0 Å². The summed E-state index contributed by atoms with van der Waals surface area (Å²) < 4.78 is 11.1. The van der Waals surface area contributed by atoms with Crippen LogP contribution in [-0.4, -0.2) is 53.9 Å². The van der Waals surface area contributed by atoms with Crippen molar-refractivity contribution in [3.8, 4) is 0 Å². The van der Waals surface area contributed by atoms with Crippen LogP contribution in [0.2, 0.25) is 0 Å². The van der Waals surface area contributed by atoms with E-state index in [0.717, 1.165) is 51.6 Å². The summed E-state index contributed by atoms with van der Waals surface area (Å²) in [5.74, 6) is 1.97. The topological polar surface area (TPSA) is 63.4 Å². The lowest BCUT2D eigenvalue weighted by molar-refractivity contribution is 0.0446. The fourth-order valence-electron chi connectivity index (χ4n) is 3.75. The molecule has 6 nitrogen and oxygen atoms in total. The SMILES string of the molecule is CC(C)=CCN1CCC(N[C@H](c2nc(C)no2)C2CCOCC2)CC1. The molecule has 0 bridgehead atoms. The molecule has 2 aliphatic heterocycles. The van der Waals surface area contributed by atoms with E-state index in [1.165, 1.54) is 18.4 Å². The summed E-state index contributed by atoms with van der Waals surface area (Å²) in [5.41, 5.74) is 1.39. The molecule has 3 heterocycles. The summed E-state index contributed by atoms with van der Waals surface area (Å²) in [4.78, 5) is 7.05. The van der Waals surface area contributed by atoms with E-state index < -0.39 is 0 Å². The second-order valence-corrected chi connectivity index (χ2v) is 7.63. The van der Waals surface area contributed by atoms with Crippen molar-refractivity contribution in [2.75, 3.05) is 32.8 Å². The van der Waals surface area contributed by atoms with Crippen LogP contribution >= 0.6 is 0 Å². The fourth-order valence-corrected chi connectivity index (χ4v) is 3.75. The van der Waals surface area contributed by atoms with E-state index in [0.29, 0.717) is 17.8 Å². The maximum absolute atomic E-state index is 5.53. The molecule has 0 amide bonds. The number of aromatic nitrogens is 2. The van der Waals surface area contributed by atoms with Gasteiger partial charge in [-0.3, -0.25) is 4.90 Å². The number of rotatable bonds is 6. The summed E-state index contributed by atoms with van der Waals surface area (Å²) in [5, 5.41) is 7.85. The van der Waals surface area contributed by atoms with Gasteiger partial charge in [0.1, 0.15) is 0 Å². The van der Waals surface area contributed by atoms with Crippen LogP contribution in [0.25, 0.3) is 0 Å². The van der Waals surface area contributed by atoms with Crippen molar-refractivity contribution in [2.45, 2.75) is 58.5 Å². The van der Waals surface area contributed by atoms with Gasteiger partial charge in [0.05, 0.1) is 6.04 Å². The standard InChI is InChI=1S/C19H32N4O2/c1-14(2)4-9-23-10-5-17(6-11-23)21-18(16-7-12-24-13-8-16)19-20-15(3)22-25-19/h4,16-18,21H,5-13H2,1-3H3/t18-/m0/s1. The molecule has 1 atom stereocenters. The minimum atomic E-state index is 0.152. The summed E-state index contributed by atoms with van der Waals surface area (Å²) in [6, 6.07) is 0.669. The predicted molar refractivity (Wildman–Crippen MR) is 97.3 cm³/mol.